The summed E-state index contributed by atoms with van der Waals surface area (Å²) in [6.45, 7) is 3.88. The number of rotatable bonds is 7. The SMILES string of the molecule is CCc1ccc(NC(=O)C(CCSC)NC(=O)N2CC3CC(C2)c2cccc(=O)n2C3)cc1. The van der Waals surface area contributed by atoms with Crippen LogP contribution in [0.25, 0.3) is 0 Å². The smallest absolute Gasteiger partial charge is 0.318 e. The number of urea groups is 1. The van der Waals surface area contributed by atoms with Crippen LogP contribution in [0.3, 0.4) is 0 Å². The third kappa shape index (κ3) is 5.43. The number of amides is 3. The number of carbonyl (C=O) groups excluding carboxylic acids is 2. The number of nitrogens with one attached hydrogen (secondary N) is 2. The van der Waals surface area contributed by atoms with Crippen molar-refractivity contribution >= 4 is 29.4 Å². The molecule has 2 bridgehead atoms. The zero-order chi connectivity index (χ0) is 23.4. The normalized spacial score (nSPS) is 20.0. The number of carbonyl (C=O) groups is 2. The molecule has 0 saturated carbocycles. The average Bonchev–Trinajstić information content (AvgIpc) is 2.82. The van der Waals surface area contributed by atoms with Gasteiger partial charge < -0.3 is 20.1 Å². The van der Waals surface area contributed by atoms with Gasteiger partial charge in [-0.25, -0.2) is 4.79 Å². The molecule has 8 heteroatoms. The predicted molar refractivity (Wildman–Crippen MR) is 133 cm³/mol. The minimum Gasteiger partial charge on any atom is -0.326 e. The molecule has 1 fully saturated rings. The average molecular weight is 469 g/mol. The summed E-state index contributed by atoms with van der Waals surface area (Å²) in [6.07, 6.45) is 4.48. The Morgan fingerprint density at radius 2 is 1.91 bits per heavy atom. The summed E-state index contributed by atoms with van der Waals surface area (Å²) in [7, 11) is 0. The number of thioether (sulfide) groups is 1. The molecule has 2 aromatic rings. The highest BCUT2D eigenvalue weighted by molar-refractivity contribution is 7.98. The van der Waals surface area contributed by atoms with Crippen LogP contribution in [0.5, 0.6) is 0 Å². The second-order valence-corrected chi connectivity index (χ2v) is 9.91. The number of anilines is 1. The van der Waals surface area contributed by atoms with Gasteiger partial charge in [0.2, 0.25) is 5.91 Å². The summed E-state index contributed by atoms with van der Waals surface area (Å²) >= 11 is 1.65. The van der Waals surface area contributed by atoms with Crippen molar-refractivity contribution in [2.45, 2.75) is 44.7 Å². The van der Waals surface area contributed by atoms with E-state index in [2.05, 4.69) is 17.6 Å². The number of likely N-dealkylation sites (tertiary alicyclic amines) is 1. The van der Waals surface area contributed by atoms with E-state index >= 15 is 0 Å². The molecule has 4 rings (SSSR count). The van der Waals surface area contributed by atoms with Crippen molar-refractivity contribution in [2.24, 2.45) is 5.92 Å². The summed E-state index contributed by atoms with van der Waals surface area (Å²) in [5.41, 5.74) is 2.97. The summed E-state index contributed by atoms with van der Waals surface area (Å²) in [4.78, 5) is 40.2. The van der Waals surface area contributed by atoms with Gasteiger partial charge in [-0.05, 0) is 61.0 Å². The van der Waals surface area contributed by atoms with E-state index in [1.807, 2.05) is 46.1 Å². The lowest BCUT2D eigenvalue weighted by atomic mass is 9.83. The van der Waals surface area contributed by atoms with Gasteiger partial charge in [-0.3, -0.25) is 9.59 Å². The molecule has 33 heavy (non-hydrogen) atoms. The highest BCUT2D eigenvalue weighted by Crippen LogP contribution is 2.34. The molecule has 3 unspecified atom stereocenters. The minimum atomic E-state index is -0.604. The first-order valence-corrected chi connectivity index (χ1v) is 13.0. The predicted octanol–water partition coefficient (Wildman–Crippen LogP) is 3.30. The van der Waals surface area contributed by atoms with E-state index in [1.54, 1.807) is 23.9 Å². The number of hydrogen-bond donors (Lipinski definition) is 2. The Balaban J connectivity index is 1.42. The quantitative estimate of drug-likeness (QED) is 0.653. The van der Waals surface area contributed by atoms with Crippen LogP contribution in [0.1, 0.15) is 36.9 Å². The summed E-state index contributed by atoms with van der Waals surface area (Å²) in [6, 6.07) is 12.4. The van der Waals surface area contributed by atoms with Crippen molar-refractivity contribution in [3.8, 4) is 0 Å². The van der Waals surface area contributed by atoms with Gasteiger partial charge >= 0.3 is 6.03 Å². The molecule has 2 aliphatic rings. The van der Waals surface area contributed by atoms with E-state index in [9.17, 15) is 14.4 Å². The number of aryl methyl sites for hydroxylation is 1. The van der Waals surface area contributed by atoms with Gasteiger partial charge in [-0.15, -0.1) is 0 Å². The maximum Gasteiger partial charge on any atom is 0.318 e. The molecule has 0 radical (unpaired) electrons. The van der Waals surface area contributed by atoms with Gasteiger partial charge in [0, 0.05) is 43.0 Å². The highest BCUT2D eigenvalue weighted by atomic mass is 32.2. The topological polar surface area (TPSA) is 83.4 Å². The van der Waals surface area contributed by atoms with Gasteiger partial charge in [0.1, 0.15) is 6.04 Å². The van der Waals surface area contributed by atoms with E-state index in [0.717, 1.165) is 30.0 Å². The standard InChI is InChI=1S/C25H32N4O3S/c1-3-17-7-9-20(10-8-17)26-24(31)21(11-12-33-2)27-25(32)28-14-18-13-19(16-28)22-5-4-6-23(30)29(22)15-18/h4-10,18-19,21H,3,11-16H2,1-2H3,(H,26,31)(H,27,32). The van der Waals surface area contributed by atoms with Crippen molar-refractivity contribution in [2.75, 3.05) is 30.4 Å². The molecule has 3 atom stereocenters. The van der Waals surface area contributed by atoms with E-state index in [0.29, 0.717) is 26.1 Å². The van der Waals surface area contributed by atoms with E-state index in [1.165, 1.54) is 5.56 Å². The Morgan fingerprint density at radius 1 is 1.12 bits per heavy atom. The number of pyridine rings is 1. The maximum atomic E-state index is 13.2. The van der Waals surface area contributed by atoms with E-state index < -0.39 is 6.04 Å². The Kier molecular flexibility index (Phi) is 7.42. The molecule has 1 aromatic carbocycles. The van der Waals surface area contributed by atoms with Crippen molar-refractivity contribution in [1.82, 2.24) is 14.8 Å². The van der Waals surface area contributed by atoms with E-state index in [-0.39, 0.29) is 29.3 Å². The monoisotopic (exact) mass is 468 g/mol. The van der Waals surface area contributed by atoms with Crippen LogP contribution in [0, 0.1) is 5.92 Å². The first kappa shape index (κ1) is 23.4. The zero-order valence-corrected chi connectivity index (χ0v) is 20.1. The summed E-state index contributed by atoms with van der Waals surface area (Å²) in [5, 5.41) is 5.93. The molecule has 3 heterocycles. The fourth-order valence-electron chi connectivity index (χ4n) is 4.86. The van der Waals surface area contributed by atoms with Crippen LogP contribution >= 0.6 is 11.8 Å². The van der Waals surface area contributed by atoms with Gasteiger partial charge in [0.05, 0.1) is 0 Å². The van der Waals surface area contributed by atoms with E-state index in [4.69, 9.17) is 0 Å². The van der Waals surface area contributed by atoms with Crippen molar-refractivity contribution < 1.29 is 9.59 Å². The van der Waals surface area contributed by atoms with Gasteiger partial charge in [-0.1, -0.05) is 25.1 Å². The van der Waals surface area contributed by atoms with Crippen molar-refractivity contribution in [3.63, 3.8) is 0 Å². The fourth-order valence-corrected chi connectivity index (χ4v) is 5.33. The molecule has 1 aromatic heterocycles. The third-order valence-electron chi connectivity index (χ3n) is 6.62. The van der Waals surface area contributed by atoms with Crippen molar-refractivity contribution in [1.29, 1.82) is 0 Å². The Morgan fingerprint density at radius 3 is 2.64 bits per heavy atom. The zero-order valence-electron chi connectivity index (χ0n) is 19.3. The third-order valence-corrected chi connectivity index (χ3v) is 7.27. The molecule has 2 aliphatic heterocycles. The molecule has 2 N–H and O–H groups in total. The molecular weight excluding hydrogens is 436 g/mol. The van der Waals surface area contributed by atoms with Crippen LogP contribution in [0.15, 0.2) is 47.3 Å². The lowest BCUT2D eigenvalue weighted by Gasteiger charge is -2.43. The maximum absolute atomic E-state index is 13.2. The van der Waals surface area contributed by atoms with Crippen molar-refractivity contribution in [3.05, 3.63) is 64.1 Å². The Labute approximate surface area is 198 Å². The first-order valence-electron chi connectivity index (χ1n) is 11.6. The number of aromatic nitrogens is 1. The molecule has 0 spiro atoms. The molecule has 176 valence electrons. The number of hydrogen-bond acceptors (Lipinski definition) is 4. The second-order valence-electron chi connectivity index (χ2n) is 8.93. The Hall–Kier alpha value is -2.74. The molecule has 0 aliphatic carbocycles. The van der Waals surface area contributed by atoms with Crippen LogP contribution in [-0.2, 0) is 17.8 Å². The molecule has 7 nitrogen and oxygen atoms in total. The largest absolute Gasteiger partial charge is 0.326 e. The highest BCUT2D eigenvalue weighted by Gasteiger charge is 2.37. The van der Waals surface area contributed by atoms with Crippen LogP contribution in [0.4, 0.5) is 10.5 Å². The van der Waals surface area contributed by atoms with Crippen LogP contribution in [0.2, 0.25) is 0 Å². The van der Waals surface area contributed by atoms with Crippen LogP contribution < -0.4 is 16.2 Å². The molecule has 3 amide bonds. The number of piperidine rings is 1. The first-order chi connectivity index (χ1) is 16.0. The second kappa shape index (κ2) is 10.5. The number of fused-ring (bicyclic) bond motifs is 4. The molecule has 1 saturated heterocycles. The Bertz CT molecular complexity index is 1050. The van der Waals surface area contributed by atoms with Gasteiger partial charge in [-0.2, -0.15) is 11.8 Å². The number of nitrogens with zero attached hydrogens (tertiary/aromatic N) is 2. The van der Waals surface area contributed by atoms with Gasteiger partial charge in [0.15, 0.2) is 0 Å². The lowest BCUT2D eigenvalue weighted by Crippen LogP contribution is -2.55. The van der Waals surface area contributed by atoms with Gasteiger partial charge in [0.25, 0.3) is 5.56 Å². The number of benzene rings is 1. The van der Waals surface area contributed by atoms with Crippen LogP contribution in [-0.4, -0.2) is 52.5 Å². The molecular formula is C25H32N4O3S. The minimum absolute atomic E-state index is 0.0286. The fraction of sp³-hybridized carbons (Fsp3) is 0.480. The summed E-state index contributed by atoms with van der Waals surface area (Å²) < 4.78 is 1.85. The lowest BCUT2D eigenvalue weighted by molar-refractivity contribution is -0.118. The summed E-state index contributed by atoms with van der Waals surface area (Å²) in [5.74, 6) is 0.968.